The van der Waals surface area contributed by atoms with E-state index in [9.17, 15) is 0 Å². The maximum atomic E-state index is 6.11. The fraction of sp³-hybridized carbons (Fsp3) is 0.545. The summed E-state index contributed by atoms with van der Waals surface area (Å²) in [4.78, 5) is 0. The van der Waals surface area contributed by atoms with Crippen molar-refractivity contribution in [3.05, 3.63) is 36.4 Å². The van der Waals surface area contributed by atoms with Crippen molar-refractivity contribution in [1.29, 1.82) is 0 Å². The Morgan fingerprint density at radius 1 is 0.792 bits per heavy atom. The Morgan fingerprint density at radius 3 is 2.17 bits per heavy atom. The molecule has 0 aliphatic heterocycles. The number of rotatable bonds is 12. The van der Waals surface area contributed by atoms with Crippen LogP contribution in [0.15, 0.2) is 36.4 Å². The third-order valence-electron chi connectivity index (χ3n) is 4.45. The van der Waals surface area contributed by atoms with Gasteiger partial charge < -0.3 is 10.1 Å². The third-order valence-corrected chi connectivity index (χ3v) is 4.45. The smallest absolute Gasteiger partial charge is 0.143 e. The van der Waals surface area contributed by atoms with E-state index in [0.717, 1.165) is 31.0 Å². The number of benzene rings is 2. The van der Waals surface area contributed by atoms with Gasteiger partial charge in [0, 0.05) is 6.54 Å². The number of ether oxygens (including phenoxy) is 1. The second-order valence-electron chi connectivity index (χ2n) is 6.59. The molecule has 0 atom stereocenters. The summed E-state index contributed by atoms with van der Waals surface area (Å²) in [6, 6.07) is 12.9. The van der Waals surface area contributed by atoms with E-state index in [-0.39, 0.29) is 0 Å². The molecular weight excluding hydrogens is 294 g/mol. The molecule has 1 N–H and O–H groups in total. The van der Waals surface area contributed by atoms with Crippen LogP contribution in [0.5, 0.6) is 5.75 Å². The van der Waals surface area contributed by atoms with Gasteiger partial charge >= 0.3 is 0 Å². The highest BCUT2D eigenvalue weighted by Crippen LogP contribution is 2.31. The Balaban J connectivity index is 1.99. The normalized spacial score (nSPS) is 10.9. The molecule has 0 fully saturated rings. The van der Waals surface area contributed by atoms with Gasteiger partial charge in [-0.05, 0) is 35.7 Å². The molecule has 0 saturated carbocycles. The van der Waals surface area contributed by atoms with E-state index in [1.54, 1.807) is 0 Å². The maximum absolute atomic E-state index is 6.11. The number of nitrogens with one attached hydrogen (secondary N) is 1. The number of hydrogen-bond acceptors (Lipinski definition) is 2. The summed E-state index contributed by atoms with van der Waals surface area (Å²) in [5.74, 6) is 1.00. The lowest BCUT2D eigenvalue weighted by Crippen LogP contribution is -2.05. The Morgan fingerprint density at radius 2 is 1.46 bits per heavy atom. The van der Waals surface area contributed by atoms with Gasteiger partial charge in [0.1, 0.15) is 5.75 Å². The van der Waals surface area contributed by atoms with Crippen LogP contribution in [0.3, 0.4) is 0 Å². The molecule has 2 nitrogen and oxygen atoms in total. The van der Waals surface area contributed by atoms with Crippen molar-refractivity contribution in [2.24, 2.45) is 0 Å². The van der Waals surface area contributed by atoms with Crippen LogP contribution in [0.2, 0.25) is 0 Å². The number of anilines is 1. The summed E-state index contributed by atoms with van der Waals surface area (Å²) in [6.45, 7) is 6.32. The molecule has 2 heteroatoms. The highest BCUT2D eigenvalue weighted by Gasteiger charge is 2.06. The van der Waals surface area contributed by atoms with Gasteiger partial charge in [-0.1, -0.05) is 76.6 Å². The molecule has 0 aromatic heterocycles. The molecule has 0 radical (unpaired) electrons. The van der Waals surface area contributed by atoms with Gasteiger partial charge in [-0.25, -0.2) is 0 Å². The SMILES string of the molecule is CCCCCCNc1cc2ccccc2cc1OCCCCCC. The average Bonchev–Trinajstić information content (AvgIpc) is 2.61. The van der Waals surface area contributed by atoms with Gasteiger partial charge in [-0.2, -0.15) is 0 Å². The van der Waals surface area contributed by atoms with Crippen LogP contribution in [0.1, 0.15) is 65.2 Å². The minimum atomic E-state index is 0.808. The van der Waals surface area contributed by atoms with Crippen LogP contribution < -0.4 is 10.1 Å². The highest BCUT2D eigenvalue weighted by molar-refractivity contribution is 5.88. The zero-order valence-corrected chi connectivity index (χ0v) is 15.4. The second-order valence-corrected chi connectivity index (χ2v) is 6.59. The van der Waals surface area contributed by atoms with E-state index < -0.39 is 0 Å². The van der Waals surface area contributed by atoms with Crippen molar-refractivity contribution in [1.82, 2.24) is 0 Å². The molecule has 0 saturated heterocycles. The molecule has 0 heterocycles. The van der Waals surface area contributed by atoms with Crippen molar-refractivity contribution in [2.45, 2.75) is 65.2 Å². The predicted octanol–water partition coefficient (Wildman–Crippen LogP) is 6.79. The van der Waals surface area contributed by atoms with Gasteiger partial charge in [0.15, 0.2) is 0 Å². The highest BCUT2D eigenvalue weighted by atomic mass is 16.5. The maximum Gasteiger partial charge on any atom is 0.143 e. The van der Waals surface area contributed by atoms with Crippen molar-refractivity contribution in [2.75, 3.05) is 18.5 Å². The lowest BCUT2D eigenvalue weighted by Gasteiger charge is -2.15. The van der Waals surface area contributed by atoms with E-state index in [0.29, 0.717) is 0 Å². The quantitative estimate of drug-likeness (QED) is 0.433. The predicted molar refractivity (Wildman–Crippen MR) is 106 cm³/mol. The zero-order valence-electron chi connectivity index (χ0n) is 15.4. The molecule has 2 aromatic rings. The standard InChI is InChI=1S/C22H33NO/c1-3-5-7-11-15-23-21-17-19-13-9-10-14-20(19)18-22(21)24-16-12-8-6-4-2/h9-10,13-14,17-18,23H,3-8,11-12,15-16H2,1-2H3. The van der Waals surface area contributed by atoms with Crippen molar-refractivity contribution in [3.8, 4) is 5.75 Å². The minimum absolute atomic E-state index is 0.808. The summed E-state index contributed by atoms with van der Waals surface area (Å²) < 4.78 is 6.11. The van der Waals surface area contributed by atoms with Gasteiger partial charge in [-0.15, -0.1) is 0 Å². The zero-order chi connectivity index (χ0) is 17.0. The van der Waals surface area contributed by atoms with Crippen LogP contribution in [0.25, 0.3) is 10.8 Å². The molecular formula is C22H33NO. The largest absolute Gasteiger partial charge is 0.491 e. The lowest BCUT2D eigenvalue weighted by atomic mass is 10.1. The monoisotopic (exact) mass is 327 g/mol. The van der Waals surface area contributed by atoms with Crippen LogP contribution in [-0.4, -0.2) is 13.2 Å². The Kier molecular flexibility index (Phi) is 8.51. The van der Waals surface area contributed by atoms with Crippen molar-refractivity contribution in [3.63, 3.8) is 0 Å². The fourth-order valence-electron chi connectivity index (χ4n) is 2.96. The van der Waals surface area contributed by atoms with Gasteiger partial charge in [-0.3, -0.25) is 0 Å². The van der Waals surface area contributed by atoms with Gasteiger partial charge in [0.2, 0.25) is 0 Å². The first kappa shape index (κ1) is 18.6. The molecule has 2 aromatic carbocycles. The second kappa shape index (κ2) is 11.0. The van der Waals surface area contributed by atoms with Gasteiger partial charge in [0.25, 0.3) is 0 Å². The van der Waals surface area contributed by atoms with Gasteiger partial charge in [0.05, 0.1) is 12.3 Å². The van der Waals surface area contributed by atoms with Crippen LogP contribution in [-0.2, 0) is 0 Å². The molecule has 0 aliphatic carbocycles. The van der Waals surface area contributed by atoms with E-state index in [1.165, 1.54) is 55.7 Å². The Bertz CT molecular complexity index is 541. The Labute approximate surface area is 147 Å². The average molecular weight is 328 g/mol. The molecule has 132 valence electrons. The third kappa shape index (κ3) is 6.07. The Hall–Kier alpha value is -1.70. The van der Waals surface area contributed by atoms with E-state index in [2.05, 4.69) is 55.6 Å². The molecule has 0 spiro atoms. The van der Waals surface area contributed by atoms with E-state index in [1.807, 2.05) is 0 Å². The number of unbranched alkanes of at least 4 members (excludes halogenated alkanes) is 6. The summed E-state index contributed by atoms with van der Waals surface area (Å²) >= 11 is 0. The molecule has 0 unspecified atom stereocenters. The fourth-order valence-corrected chi connectivity index (χ4v) is 2.96. The molecule has 2 rings (SSSR count). The molecule has 0 bridgehead atoms. The van der Waals surface area contributed by atoms with E-state index in [4.69, 9.17) is 4.74 Å². The minimum Gasteiger partial charge on any atom is -0.491 e. The van der Waals surface area contributed by atoms with Crippen LogP contribution in [0, 0.1) is 0 Å². The lowest BCUT2D eigenvalue weighted by molar-refractivity contribution is 0.306. The molecule has 0 aliphatic rings. The number of fused-ring (bicyclic) bond motifs is 1. The summed E-state index contributed by atoms with van der Waals surface area (Å²) in [5.41, 5.74) is 1.14. The van der Waals surface area contributed by atoms with E-state index >= 15 is 0 Å². The first-order chi connectivity index (χ1) is 11.8. The van der Waals surface area contributed by atoms with Crippen LogP contribution >= 0.6 is 0 Å². The summed E-state index contributed by atoms with van der Waals surface area (Å²) in [7, 11) is 0. The summed E-state index contributed by atoms with van der Waals surface area (Å²) in [6.07, 6.45) is 10.1. The van der Waals surface area contributed by atoms with Crippen molar-refractivity contribution >= 4 is 16.5 Å². The van der Waals surface area contributed by atoms with Crippen molar-refractivity contribution < 1.29 is 4.74 Å². The molecule has 24 heavy (non-hydrogen) atoms. The summed E-state index contributed by atoms with van der Waals surface area (Å²) in [5, 5.41) is 6.11. The first-order valence-corrected chi connectivity index (χ1v) is 9.74. The molecule has 0 amide bonds. The first-order valence-electron chi connectivity index (χ1n) is 9.74. The van der Waals surface area contributed by atoms with Crippen LogP contribution in [0.4, 0.5) is 5.69 Å². The topological polar surface area (TPSA) is 21.3 Å². The number of hydrogen-bond donors (Lipinski definition) is 1.